The number of rotatable bonds is 6. The Labute approximate surface area is 101 Å². The Bertz CT molecular complexity index is 389. The monoisotopic (exact) mass is 238 g/mol. The molecule has 1 aromatic heterocycles. The molecule has 5 heteroatoms. The van der Waals surface area contributed by atoms with E-state index in [0.29, 0.717) is 12.2 Å². The van der Waals surface area contributed by atoms with Gasteiger partial charge in [0, 0.05) is 12.1 Å². The third kappa shape index (κ3) is 3.80. The summed E-state index contributed by atoms with van der Waals surface area (Å²) in [6.07, 6.45) is 0.780. The summed E-state index contributed by atoms with van der Waals surface area (Å²) in [6.45, 7) is 4.35. The van der Waals surface area contributed by atoms with Crippen molar-refractivity contribution in [3.63, 3.8) is 0 Å². The third-order valence-electron chi connectivity index (χ3n) is 2.85. The summed E-state index contributed by atoms with van der Waals surface area (Å²) in [6, 6.07) is 4.87. The fourth-order valence-corrected chi connectivity index (χ4v) is 1.29. The highest BCUT2D eigenvalue weighted by Crippen LogP contribution is 2.09. The van der Waals surface area contributed by atoms with Crippen LogP contribution in [0.5, 0.6) is 0 Å². The topological polar surface area (TPSA) is 82.5 Å². The molecule has 0 saturated heterocycles. The fraction of sp³-hybridized carbons (Fsp3) is 0.500. The molecule has 0 fully saturated rings. The second-order valence-electron chi connectivity index (χ2n) is 4.25. The SMILES string of the molecule is CCC(C)(CO)NCc1cccc(C(=O)O)n1. The third-order valence-corrected chi connectivity index (χ3v) is 2.85. The summed E-state index contributed by atoms with van der Waals surface area (Å²) in [5.74, 6) is -1.03. The summed E-state index contributed by atoms with van der Waals surface area (Å²) in [7, 11) is 0. The van der Waals surface area contributed by atoms with Gasteiger partial charge in [-0.25, -0.2) is 9.78 Å². The van der Waals surface area contributed by atoms with Gasteiger partial charge in [0.05, 0.1) is 12.3 Å². The van der Waals surface area contributed by atoms with Gasteiger partial charge < -0.3 is 15.5 Å². The van der Waals surface area contributed by atoms with Crippen LogP contribution in [0.1, 0.15) is 36.5 Å². The molecule has 17 heavy (non-hydrogen) atoms. The van der Waals surface area contributed by atoms with E-state index in [1.165, 1.54) is 6.07 Å². The maximum Gasteiger partial charge on any atom is 0.354 e. The van der Waals surface area contributed by atoms with E-state index in [9.17, 15) is 9.90 Å². The Kier molecular flexibility index (Phi) is 4.60. The van der Waals surface area contributed by atoms with Gasteiger partial charge in [0.1, 0.15) is 5.69 Å². The van der Waals surface area contributed by atoms with Gasteiger partial charge in [0.15, 0.2) is 0 Å². The van der Waals surface area contributed by atoms with Gasteiger partial charge in [0.2, 0.25) is 0 Å². The van der Waals surface area contributed by atoms with Crippen molar-refractivity contribution in [1.29, 1.82) is 0 Å². The maximum atomic E-state index is 10.7. The van der Waals surface area contributed by atoms with E-state index in [2.05, 4.69) is 10.3 Å². The van der Waals surface area contributed by atoms with Crippen LogP contribution in [0.15, 0.2) is 18.2 Å². The van der Waals surface area contributed by atoms with Crippen molar-refractivity contribution < 1.29 is 15.0 Å². The minimum absolute atomic E-state index is 0.0299. The van der Waals surface area contributed by atoms with Crippen LogP contribution in [0.3, 0.4) is 0 Å². The first kappa shape index (κ1) is 13.6. The Morgan fingerprint density at radius 2 is 2.24 bits per heavy atom. The summed E-state index contributed by atoms with van der Waals surface area (Å²) in [5.41, 5.74) is 0.325. The van der Waals surface area contributed by atoms with Gasteiger partial charge in [-0.15, -0.1) is 0 Å². The van der Waals surface area contributed by atoms with Crippen molar-refractivity contribution in [1.82, 2.24) is 10.3 Å². The molecular formula is C12H18N2O3. The van der Waals surface area contributed by atoms with Crippen LogP contribution in [-0.4, -0.2) is 33.3 Å². The zero-order valence-electron chi connectivity index (χ0n) is 10.1. The van der Waals surface area contributed by atoms with Gasteiger partial charge in [-0.3, -0.25) is 0 Å². The molecule has 0 bridgehead atoms. The predicted molar refractivity (Wildman–Crippen MR) is 63.8 cm³/mol. The van der Waals surface area contributed by atoms with Crippen molar-refractivity contribution in [3.8, 4) is 0 Å². The molecule has 0 spiro atoms. The second kappa shape index (κ2) is 5.75. The lowest BCUT2D eigenvalue weighted by atomic mass is 10.0. The number of nitrogens with one attached hydrogen (secondary N) is 1. The summed E-state index contributed by atoms with van der Waals surface area (Å²) >= 11 is 0. The molecule has 0 radical (unpaired) electrons. The first-order valence-corrected chi connectivity index (χ1v) is 5.56. The highest BCUT2D eigenvalue weighted by atomic mass is 16.4. The second-order valence-corrected chi connectivity index (χ2v) is 4.25. The van der Waals surface area contributed by atoms with Crippen LogP contribution in [0.4, 0.5) is 0 Å². The Morgan fingerprint density at radius 1 is 1.53 bits per heavy atom. The van der Waals surface area contributed by atoms with E-state index in [-0.39, 0.29) is 17.8 Å². The molecular weight excluding hydrogens is 220 g/mol. The van der Waals surface area contributed by atoms with E-state index in [1.54, 1.807) is 12.1 Å². The lowest BCUT2D eigenvalue weighted by molar-refractivity contribution is 0.0690. The van der Waals surface area contributed by atoms with Crippen LogP contribution in [0.2, 0.25) is 0 Å². The Balaban J connectivity index is 2.69. The molecule has 0 saturated carbocycles. The molecule has 1 heterocycles. The molecule has 0 aromatic carbocycles. The zero-order chi connectivity index (χ0) is 12.9. The number of aliphatic hydroxyl groups is 1. The quantitative estimate of drug-likeness (QED) is 0.689. The molecule has 0 amide bonds. The van der Waals surface area contributed by atoms with E-state index >= 15 is 0 Å². The number of nitrogens with zero attached hydrogens (tertiary/aromatic N) is 1. The number of carboxylic acid groups (broad SMARTS) is 1. The molecule has 1 rings (SSSR count). The minimum atomic E-state index is -1.03. The minimum Gasteiger partial charge on any atom is -0.477 e. The summed E-state index contributed by atoms with van der Waals surface area (Å²) in [4.78, 5) is 14.7. The largest absolute Gasteiger partial charge is 0.477 e. The summed E-state index contributed by atoms with van der Waals surface area (Å²) in [5, 5.41) is 21.2. The van der Waals surface area contributed by atoms with Crippen molar-refractivity contribution in [3.05, 3.63) is 29.6 Å². The first-order valence-electron chi connectivity index (χ1n) is 5.56. The van der Waals surface area contributed by atoms with Crippen LogP contribution in [0.25, 0.3) is 0 Å². The molecule has 0 aliphatic carbocycles. The first-order chi connectivity index (χ1) is 8.00. The molecule has 0 aliphatic heterocycles. The summed E-state index contributed by atoms with van der Waals surface area (Å²) < 4.78 is 0. The lowest BCUT2D eigenvalue weighted by Crippen LogP contribution is -2.44. The lowest BCUT2D eigenvalue weighted by Gasteiger charge is -2.27. The van der Waals surface area contributed by atoms with Crippen LogP contribution < -0.4 is 5.32 Å². The maximum absolute atomic E-state index is 10.7. The Hall–Kier alpha value is -1.46. The normalized spacial score (nSPS) is 14.3. The molecule has 1 aromatic rings. The number of aromatic nitrogens is 1. The fourth-order valence-electron chi connectivity index (χ4n) is 1.29. The van der Waals surface area contributed by atoms with E-state index < -0.39 is 5.97 Å². The van der Waals surface area contributed by atoms with Gasteiger partial charge in [0.25, 0.3) is 0 Å². The number of hydrogen-bond donors (Lipinski definition) is 3. The van der Waals surface area contributed by atoms with E-state index in [1.807, 2.05) is 13.8 Å². The number of hydrogen-bond acceptors (Lipinski definition) is 4. The Morgan fingerprint density at radius 3 is 2.76 bits per heavy atom. The van der Waals surface area contributed by atoms with Crippen molar-refractivity contribution >= 4 is 5.97 Å². The van der Waals surface area contributed by atoms with Gasteiger partial charge >= 0.3 is 5.97 Å². The van der Waals surface area contributed by atoms with Crippen LogP contribution in [0, 0.1) is 0 Å². The average Bonchev–Trinajstić information content (AvgIpc) is 2.36. The van der Waals surface area contributed by atoms with Gasteiger partial charge in [-0.2, -0.15) is 0 Å². The number of aliphatic hydroxyl groups excluding tert-OH is 1. The number of carboxylic acids is 1. The molecule has 94 valence electrons. The van der Waals surface area contributed by atoms with Gasteiger partial charge in [-0.05, 0) is 25.5 Å². The number of aromatic carboxylic acids is 1. The van der Waals surface area contributed by atoms with Crippen molar-refractivity contribution in [2.75, 3.05) is 6.61 Å². The van der Waals surface area contributed by atoms with E-state index in [0.717, 1.165) is 6.42 Å². The molecule has 1 unspecified atom stereocenters. The van der Waals surface area contributed by atoms with E-state index in [4.69, 9.17) is 5.11 Å². The van der Waals surface area contributed by atoms with Crippen LogP contribution >= 0.6 is 0 Å². The average molecular weight is 238 g/mol. The number of carbonyl (C=O) groups is 1. The molecule has 0 aliphatic rings. The highest BCUT2D eigenvalue weighted by Gasteiger charge is 2.19. The molecule has 5 nitrogen and oxygen atoms in total. The number of pyridine rings is 1. The van der Waals surface area contributed by atoms with Gasteiger partial charge in [-0.1, -0.05) is 13.0 Å². The van der Waals surface area contributed by atoms with Crippen molar-refractivity contribution in [2.45, 2.75) is 32.4 Å². The molecule has 1 atom stereocenters. The molecule has 3 N–H and O–H groups in total. The smallest absolute Gasteiger partial charge is 0.354 e. The predicted octanol–water partition coefficient (Wildman–Crippen LogP) is 1.03. The van der Waals surface area contributed by atoms with Crippen LogP contribution in [-0.2, 0) is 6.54 Å². The van der Waals surface area contributed by atoms with Crippen molar-refractivity contribution in [2.24, 2.45) is 0 Å². The highest BCUT2D eigenvalue weighted by molar-refractivity contribution is 5.85. The standard InChI is InChI=1S/C12H18N2O3/c1-3-12(2,8-15)13-7-9-5-4-6-10(14-9)11(16)17/h4-6,13,15H,3,7-8H2,1-2H3,(H,16,17). The zero-order valence-corrected chi connectivity index (χ0v) is 10.1.